The van der Waals surface area contributed by atoms with Crippen LogP contribution in [0.5, 0.6) is 0 Å². The minimum atomic E-state index is -4.96. The smallest absolute Gasteiger partial charge is 0.382 e. The molecule has 0 amide bonds. The minimum Gasteiger partial charge on any atom is -0.382 e. The molecule has 45 heavy (non-hydrogen) atoms. The molecule has 10 atom stereocenters. The van der Waals surface area contributed by atoms with E-state index < -0.39 is 89.3 Å². The fourth-order valence-corrected chi connectivity index (χ4v) is 7.24. The zero-order valence-electron chi connectivity index (χ0n) is 23.1. The van der Waals surface area contributed by atoms with Gasteiger partial charge >= 0.3 is 21.3 Å². The molecule has 0 spiro atoms. The zero-order valence-corrected chi connectivity index (χ0v) is 24.9. The third-order valence-corrected chi connectivity index (χ3v) is 9.72. The monoisotopic (exact) mass is 683 g/mol. The van der Waals surface area contributed by atoms with Crippen molar-refractivity contribution in [3.8, 4) is 0 Å². The first-order chi connectivity index (χ1) is 21.5. The van der Waals surface area contributed by atoms with E-state index in [-0.39, 0.29) is 17.0 Å². The fourth-order valence-electron chi connectivity index (χ4n) is 4.94. The molecule has 2 unspecified atom stereocenters. The molecule has 0 saturated carbocycles. The molecule has 3 aromatic rings. The van der Waals surface area contributed by atoms with Crippen molar-refractivity contribution in [2.75, 3.05) is 33.2 Å². The summed E-state index contributed by atoms with van der Waals surface area (Å²) < 4.78 is 104. The summed E-state index contributed by atoms with van der Waals surface area (Å²) in [7, 11) is -7.79. The van der Waals surface area contributed by atoms with Crippen LogP contribution in [0.2, 0.25) is 0 Å². The summed E-state index contributed by atoms with van der Waals surface area (Å²) in [4.78, 5) is 42.6. The number of anilines is 1. The first-order valence-electron chi connectivity index (χ1n) is 12.9. The van der Waals surface area contributed by atoms with Crippen LogP contribution < -0.4 is 17.0 Å². The standard InChI is InChI=1S/C21H25F2N7O13P2/c1-35-43-45(34)38-6-10-15(13(23)19(40-10)30-8-27-14-17(24)25-7-26-18(14)30)41-44(33,36-2)37-5-9-12(22)16(42-45)20(39-9)29-4-3-11(31)28-21(29)32/h3-4,7-10,12-13,15-16,19-20H,5-6H2,1-2H3,(H2,24,25,26)(H,28,31,32)/t9-,10-,12-,13-,15-,16-,19-,20-,44?,45?/m1/s1. The highest BCUT2D eigenvalue weighted by Gasteiger charge is 2.56. The number of phosphoric acid groups is 2. The molecule has 246 valence electrons. The number of nitrogens with two attached hydrogens (primary N) is 1. The van der Waals surface area contributed by atoms with Crippen LogP contribution in [0.4, 0.5) is 14.6 Å². The Bertz CT molecular complexity index is 1780. The SMILES string of the molecule is COOP1(=O)OC[C@H]2O[C@@H](n3cnc4c(N)ncnc43)[C@H](F)[C@@H]2OP(=O)(OC)OC[C@H]2O[C@@H](n3ccc(=O)[nH]c3=O)[C@H](O1)[C@@H]2F. The van der Waals surface area contributed by atoms with Crippen molar-refractivity contribution in [1.29, 1.82) is 0 Å². The molecular weight excluding hydrogens is 658 g/mol. The molecule has 3 aliphatic heterocycles. The van der Waals surface area contributed by atoms with Gasteiger partial charge in [0.05, 0.1) is 26.7 Å². The Morgan fingerprint density at radius 1 is 0.956 bits per heavy atom. The van der Waals surface area contributed by atoms with Crippen LogP contribution in [-0.4, -0.2) is 93.3 Å². The van der Waals surface area contributed by atoms with Gasteiger partial charge in [0.25, 0.3) is 5.56 Å². The number of aromatic nitrogens is 6. The maximum atomic E-state index is 16.1. The maximum absolute atomic E-state index is 16.1. The quantitative estimate of drug-likeness (QED) is 0.213. The first-order valence-corrected chi connectivity index (χ1v) is 15.9. The number of rotatable bonds is 5. The molecule has 6 rings (SSSR count). The van der Waals surface area contributed by atoms with E-state index in [0.29, 0.717) is 0 Å². The van der Waals surface area contributed by atoms with Crippen LogP contribution in [0.3, 0.4) is 0 Å². The van der Waals surface area contributed by atoms with Crippen LogP contribution >= 0.6 is 15.6 Å². The second-order valence-electron chi connectivity index (χ2n) is 9.67. The number of H-pyrrole nitrogens is 1. The number of aromatic amines is 1. The van der Waals surface area contributed by atoms with E-state index in [1.807, 2.05) is 4.98 Å². The van der Waals surface area contributed by atoms with Gasteiger partial charge in [-0.3, -0.25) is 41.5 Å². The molecule has 2 bridgehead atoms. The number of nitrogen functional groups attached to an aromatic ring is 1. The Kier molecular flexibility index (Phi) is 8.74. The number of hydrogen-bond donors (Lipinski definition) is 2. The van der Waals surface area contributed by atoms with Gasteiger partial charge in [-0.2, -0.15) is 0 Å². The number of fused-ring (bicyclic) bond motifs is 4. The predicted molar refractivity (Wildman–Crippen MR) is 141 cm³/mol. The maximum Gasteiger partial charge on any atom is 0.502 e. The van der Waals surface area contributed by atoms with Gasteiger partial charge in [0, 0.05) is 19.4 Å². The summed E-state index contributed by atoms with van der Waals surface area (Å²) in [5.74, 6) is 0.00632. The van der Waals surface area contributed by atoms with Crippen molar-refractivity contribution in [2.24, 2.45) is 0 Å². The molecule has 3 aromatic heterocycles. The van der Waals surface area contributed by atoms with Crippen molar-refractivity contribution in [2.45, 2.75) is 49.2 Å². The lowest BCUT2D eigenvalue weighted by atomic mass is 10.1. The largest absolute Gasteiger partial charge is 0.502 e. The van der Waals surface area contributed by atoms with Crippen molar-refractivity contribution >= 4 is 32.6 Å². The summed E-state index contributed by atoms with van der Waals surface area (Å²) in [6, 6.07) is 0.942. The van der Waals surface area contributed by atoms with Gasteiger partial charge in [0.2, 0.25) is 0 Å². The number of ether oxygens (including phenoxy) is 2. The molecule has 3 fully saturated rings. The molecule has 0 radical (unpaired) electrons. The highest BCUT2D eigenvalue weighted by atomic mass is 31.2. The number of halogens is 2. The van der Waals surface area contributed by atoms with E-state index in [1.165, 1.54) is 10.9 Å². The van der Waals surface area contributed by atoms with Gasteiger partial charge in [-0.1, -0.05) is 0 Å². The molecule has 3 aliphatic rings. The third kappa shape index (κ3) is 5.99. The Morgan fingerprint density at radius 3 is 2.40 bits per heavy atom. The Labute approximate surface area is 249 Å². The molecule has 3 saturated heterocycles. The van der Waals surface area contributed by atoms with E-state index in [4.69, 9.17) is 42.5 Å². The minimum absolute atomic E-state index is 0.00632. The molecule has 3 N–H and O–H groups in total. The summed E-state index contributed by atoms with van der Waals surface area (Å²) in [6.45, 7) is -1.72. The Hall–Kier alpha value is -3.01. The van der Waals surface area contributed by atoms with E-state index >= 15 is 8.78 Å². The van der Waals surface area contributed by atoms with Crippen molar-refractivity contribution in [3.05, 3.63) is 45.8 Å². The molecular formula is C21H25F2N7O13P2. The predicted octanol–water partition coefficient (Wildman–Crippen LogP) is 0.688. The highest BCUT2D eigenvalue weighted by molar-refractivity contribution is 7.48. The van der Waals surface area contributed by atoms with E-state index in [0.717, 1.165) is 37.4 Å². The van der Waals surface area contributed by atoms with Gasteiger partial charge in [-0.25, -0.2) is 42.5 Å². The summed E-state index contributed by atoms with van der Waals surface area (Å²) in [6.07, 6.45) is -11.3. The van der Waals surface area contributed by atoms with Crippen molar-refractivity contribution in [3.63, 3.8) is 0 Å². The molecule has 0 aromatic carbocycles. The number of alkyl halides is 2. The normalized spacial score (nSPS) is 37.5. The van der Waals surface area contributed by atoms with E-state index in [1.54, 1.807) is 0 Å². The van der Waals surface area contributed by atoms with Gasteiger partial charge in [-0.05, 0) is 0 Å². The van der Waals surface area contributed by atoms with Crippen LogP contribution in [0, 0.1) is 0 Å². The lowest BCUT2D eigenvalue weighted by Crippen LogP contribution is -2.38. The van der Waals surface area contributed by atoms with Crippen LogP contribution in [0.25, 0.3) is 11.2 Å². The van der Waals surface area contributed by atoms with Gasteiger partial charge in [0.15, 0.2) is 36.3 Å². The number of imidazole rings is 1. The van der Waals surface area contributed by atoms with Crippen LogP contribution in [0.1, 0.15) is 12.5 Å². The molecule has 24 heteroatoms. The molecule has 20 nitrogen and oxygen atoms in total. The Balaban J connectivity index is 1.36. The van der Waals surface area contributed by atoms with E-state index in [9.17, 15) is 18.7 Å². The molecule has 0 aliphatic carbocycles. The van der Waals surface area contributed by atoms with E-state index in [2.05, 4.69) is 19.8 Å². The zero-order chi connectivity index (χ0) is 32.1. The van der Waals surface area contributed by atoms with Crippen LogP contribution in [-0.2, 0) is 50.8 Å². The number of hydrogen-bond acceptors (Lipinski definition) is 17. The third-order valence-electron chi connectivity index (χ3n) is 7.00. The van der Waals surface area contributed by atoms with Crippen molar-refractivity contribution in [1.82, 2.24) is 29.1 Å². The highest BCUT2D eigenvalue weighted by Crippen LogP contribution is 2.57. The van der Waals surface area contributed by atoms with Crippen LogP contribution in [0.15, 0.2) is 34.5 Å². The van der Waals surface area contributed by atoms with Crippen molar-refractivity contribution < 1.29 is 59.6 Å². The van der Waals surface area contributed by atoms with Gasteiger partial charge in [-0.15, -0.1) is 4.67 Å². The lowest BCUT2D eigenvalue weighted by molar-refractivity contribution is -0.208. The number of nitrogens with one attached hydrogen (secondary N) is 1. The second-order valence-corrected chi connectivity index (χ2v) is 12.9. The average molecular weight is 683 g/mol. The summed E-state index contributed by atoms with van der Waals surface area (Å²) in [5.41, 5.74) is 4.25. The first kappa shape index (κ1) is 32.0. The number of phosphoric ester groups is 2. The number of nitrogens with zero attached hydrogens (tertiary/aromatic N) is 5. The average Bonchev–Trinajstić information content (AvgIpc) is 3.66. The summed E-state index contributed by atoms with van der Waals surface area (Å²) in [5, 5.41) is 0. The summed E-state index contributed by atoms with van der Waals surface area (Å²) >= 11 is 0. The van der Waals surface area contributed by atoms with Gasteiger partial charge in [0.1, 0.15) is 36.3 Å². The lowest BCUT2D eigenvalue weighted by Gasteiger charge is -2.27. The topological polar surface area (TPSA) is 242 Å². The molecule has 6 heterocycles. The second kappa shape index (κ2) is 12.3. The fraction of sp³-hybridized carbons (Fsp3) is 0.571. The van der Waals surface area contributed by atoms with Gasteiger partial charge < -0.3 is 15.2 Å². The Morgan fingerprint density at radius 2 is 1.67 bits per heavy atom.